The summed E-state index contributed by atoms with van der Waals surface area (Å²) >= 11 is 0. The van der Waals surface area contributed by atoms with E-state index in [9.17, 15) is 14.7 Å². The lowest BCUT2D eigenvalue weighted by atomic mass is 9.81. The van der Waals surface area contributed by atoms with Crippen LogP contribution in [0.4, 0.5) is 5.69 Å². The minimum Gasteiger partial charge on any atom is -0.506 e. The van der Waals surface area contributed by atoms with Gasteiger partial charge in [-0.3, -0.25) is 14.6 Å². The maximum atomic E-state index is 12.9. The number of hydrogen-bond acceptors (Lipinski definition) is 4. The van der Waals surface area contributed by atoms with E-state index in [0.29, 0.717) is 28.4 Å². The summed E-state index contributed by atoms with van der Waals surface area (Å²) in [6.07, 6.45) is 4.75. The van der Waals surface area contributed by atoms with E-state index < -0.39 is 0 Å². The van der Waals surface area contributed by atoms with E-state index in [4.69, 9.17) is 0 Å². The number of rotatable bonds is 1. The first kappa shape index (κ1) is 13.0. The van der Waals surface area contributed by atoms with Gasteiger partial charge in [0.2, 0.25) is 11.8 Å². The van der Waals surface area contributed by atoms with Crippen LogP contribution in [0.25, 0.3) is 10.9 Å². The Kier molecular flexibility index (Phi) is 2.45. The number of phenolic OH excluding ortho intramolecular Hbond substituents is 1. The predicted octanol–water partition coefficient (Wildman–Crippen LogP) is 2.48. The highest BCUT2D eigenvalue weighted by atomic mass is 16.3. The third-order valence-electron chi connectivity index (χ3n) is 5.89. The van der Waals surface area contributed by atoms with Gasteiger partial charge in [-0.1, -0.05) is 0 Å². The van der Waals surface area contributed by atoms with E-state index in [2.05, 4.69) is 4.98 Å². The lowest BCUT2D eigenvalue weighted by molar-refractivity contribution is -0.123. The van der Waals surface area contributed by atoms with Crippen LogP contribution < -0.4 is 4.90 Å². The Morgan fingerprint density at radius 1 is 1.04 bits per heavy atom. The molecule has 23 heavy (non-hydrogen) atoms. The van der Waals surface area contributed by atoms with Crippen LogP contribution in [0.1, 0.15) is 19.3 Å². The molecule has 2 saturated carbocycles. The van der Waals surface area contributed by atoms with Crippen molar-refractivity contribution in [2.24, 2.45) is 23.7 Å². The van der Waals surface area contributed by atoms with Gasteiger partial charge in [-0.2, -0.15) is 0 Å². The van der Waals surface area contributed by atoms with Crippen LogP contribution in [0.2, 0.25) is 0 Å². The number of aromatic nitrogens is 1. The van der Waals surface area contributed by atoms with Gasteiger partial charge in [0.1, 0.15) is 11.3 Å². The number of amides is 2. The van der Waals surface area contributed by atoms with Crippen LogP contribution in [0.15, 0.2) is 30.5 Å². The van der Waals surface area contributed by atoms with E-state index >= 15 is 0 Å². The third-order valence-corrected chi connectivity index (χ3v) is 5.89. The summed E-state index contributed by atoms with van der Waals surface area (Å²) in [7, 11) is 0. The van der Waals surface area contributed by atoms with Gasteiger partial charge in [0, 0.05) is 11.6 Å². The second kappa shape index (κ2) is 4.31. The Morgan fingerprint density at radius 2 is 1.74 bits per heavy atom. The average Bonchev–Trinajstić information content (AvgIpc) is 3.24. The SMILES string of the molecule is O=C1C2C3CCC(C3)C2C(=O)N1c1ccc(O)c2ncccc12. The normalized spacial score (nSPS) is 32.1. The number of carbonyl (C=O) groups is 2. The Bertz CT molecular complexity index is 834. The van der Waals surface area contributed by atoms with Crippen molar-refractivity contribution in [1.82, 2.24) is 4.98 Å². The van der Waals surface area contributed by atoms with Gasteiger partial charge in [-0.05, 0) is 55.4 Å². The fraction of sp³-hybridized carbons (Fsp3) is 0.389. The van der Waals surface area contributed by atoms with Crippen LogP contribution in [0.3, 0.4) is 0 Å². The number of carbonyl (C=O) groups excluding carboxylic acids is 2. The zero-order chi connectivity index (χ0) is 15.7. The van der Waals surface area contributed by atoms with E-state index in [1.165, 1.54) is 11.0 Å². The first-order chi connectivity index (χ1) is 11.2. The molecule has 1 aromatic heterocycles. The standard InChI is InChI=1S/C18H16N2O3/c21-13-6-5-12(11-2-1-7-19-16(11)13)20-17(22)14-9-3-4-10(8-9)15(14)18(20)23/h1-2,5-7,9-10,14-15,21H,3-4,8H2. The van der Waals surface area contributed by atoms with Gasteiger partial charge in [-0.25, -0.2) is 4.90 Å². The van der Waals surface area contributed by atoms with E-state index in [0.717, 1.165) is 19.3 Å². The monoisotopic (exact) mass is 308 g/mol. The van der Waals surface area contributed by atoms with E-state index in [1.807, 2.05) is 0 Å². The number of phenols is 1. The van der Waals surface area contributed by atoms with Gasteiger partial charge in [-0.15, -0.1) is 0 Å². The molecule has 1 aromatic carbocycles. The van der Waals surface area contributed by atoms with Crippen LogP contribution in [-0.4, -0.2) is 21.9 Å². The third kappa shape index (κ3) is 1.54. The van der Waals surface area contributed by atoms with Crippen molar-refractivity contribution in [3.8, 4) is 5.75 Å². The van der Waals surface area contributed by atoms with Crippen molar-refractivity contribution in [3.63, 3.8) is 0 Å². The van der Waals surface area contributed by atoms with Crippen molar-refractivity contribution in [1.29, 1.82) is 0 Å². The van der Waals surface area contributed by atoms with Crippen LogP contribution in [-0.2, 0) is 9.59 Å². The molecular formula is C18H16N2O3. The number of fused-ring (bicyclic) bond motifs is 6. The molecule has 1 N–H and O–H groups in total. The van der Waals surface area contributed by atoms with Gasteiger partial charge in [0.25, 0.3) is 0 Å². The Hall–Kier alpha value is -2.43. The molecule has 0 radical (unpaired) electrons. The van der Waals surface area contributed by atoms with Gasteiger partial charge in [0.05, 0.1) is 17.5 Å². The molecule has 2 bridgehead atoms. The highest BCUT2D eigenvalue weighted by Crippen LogP contribution is 2.57. The molecular weight excluding hydrogens is 292 g/mol. The minimum atomic E-state index is -0.137. The van der Waals surface area contributed by atoms with Crippen LogP contribution >= 0.6 is 0 Å². The van der Waals surface area contributed by atoms with Crippen LogP contribution in [0, 0.1) is 23.7 Å². The number of anilines is 1. The van der Waals surface area contributed by atoms with Crippen molar-refractivity contribution < 1.29 is 14.7 Å². The Morgan fingerprint density at radius 3 is 2.43 bits per heavy atom. The largest absolute Gasteiger partial charge is 0.506 e. The van der Waals surface area contributed by atoms with Gasteiger partial charge >= 0.3 is 0 Å². The summed E-state index contributed by atoms with van der Waals surface area (Å²) in [4.78, 5) is 31.4. The van der Waals surface area contributed by atoms with Crippen molar-refractivity contribution in [3.05, 3.63) is 30.5 Å². The molecule has 3 aliphatic rings. The molecule has 5 heteroatoms. The molecule has 0 spiro atoms. The first-order valence-electron chi connectivity index (χ1n) is 8.11. The predicted molar refractivity (Wildman–Crippen MR) is 83.7 cm³/mol. The summed E-state index contributed by atoms with van der Waals surface area (Å²) < 4.78 is 0. The number of aromatic hydroxyl groups is 1. The quantitative estimate of drug-likeness (QED) is 0.822. The summed E-state index contributed by atoms with van der Waals surface area (Å²) in [5.41, 5.74) is 0.973. The fourth-order valence-corrected chi connectivity index (χ4v) is 4.98. The molecule has 3 fully saturated rings. The number of hydrogen-bond donors (Lipinski definition) is 1. The fourth-order valence-electron chi connectivity index (χ4n) is 4.98. The number of nitrogens with zero attached hydrogens (tertiary/aromatic N) is 2. The number of pyridine rings is 1. The molecule has 4 unspecified atom stereocenters. The second-order valence-electron chi connectivity index (χ2n) is 6.90. The number of benzene rings is 1. The molecule has 2 heterocycles. The second-order valence-corrected chi connectivity index (χ2v) is 6.90. The molecule has 2 amide bonds. The van der Waals surface area contributed by atoms with E-state index in [1.54, 1.807) is 24.4 Å². The van der Waals surface area contributed by atoms with Crippen molar-refractivity contribution >= 4 is 28.4 Å². The molecule has 4 atom stereocenters. The summed E-state index contributed by atoms with van der Waals surface area (Å²) in [5.74, 6) is 0.388. The highest BCUT2D eigenvalue weighted by Gasteiger charge is 2.61. The molecule has 116 valence electrons. The average molecular weight is 308 g/mol. The lowest BCUT2D eigenvalue weighted by Gasteiger charge is -2.19. The molecule has 2 aromatic rings. The van der Waals surface area contributed by atoms with Crippen LogP contribution in [0.5, 0.6) is 5.75 Å². The Balaban J connectivity index is 1.67. The van der Waals surface area contributed by atoms with Gasteiger partial charge in [0.15, 0.2) is 0 Å². The molecule has 5 nitrogen and oxygen atoms in total. The minimum absolute atomic E-state index is 0.0590. The maximum absolute atomic E-state index is 12.9. The molecule has 1 saturated heterocycles. The van der Waals surface area contributed by atoms with Gasteiger partial charge < -0.3 is 5.11 Å². The summed E-state index contributed by atoms with van der Waals surface area (Å²) in [6.45, 7) is 0. The zero-order valence-corrected chi connectivity index (χ0v) is 12.5. The number of imide groups is 1. The van der Waals surface area contributed by atoms with Crippen molar-refractivity contribution in [2.45, 2.75) is 19.3 Å². The highest BCUT2D eigenvalue weighted by molar-refractivity contribution is 6.25. The van der Waals surface area contributed by atoms with E-state index in [-0.39, 0.29) is 29.4 Å². The smallest absolute Gasteiger partial charge is 0.237 e. The van der Waals surface area contributed by atoms with Crippen molar-refractivity contribution in [2.75, 3.05) is 4.90 Å². The first-order valence-corrected chi connectivity index (χ1v) is 8.11. The molecule has 1 aliphatic heterocycles. The molecule has 2 aliphatic carbocycles. The molecule has 5 rings (SSSR count). The lowest BCUT2D eigenvalue weighted by Crippen LogP contribution is -2.32. The maximum Gasteiger partial charge on any atom is 0.237 e. The summed E-state index contributed by atoms with van der Waals surface area (Å²) in [5, 5.41) is 10.6. The Labute approximate surface area is 132 Å². The topological polar surface area (TPSA) is 70.5 Å². The summed E-state index contributed by atoms with van der Waals surface area (Å²) in [6, 6.07) is 6.70. The zero-order valence-electron chi connectivity index (χ0n) is 12.5.